The van der Waals surface area contributed by atoms with Gasteiger partial charge in [-0.25, -0.2) is 8.93 Å². The number of anilines is 2. The molecule has 3 heterocycles. The molecule has 1 aliphatic carbocycles. The van der Waals surface area contributed by atoms with Gasteiger partial charge in [-0.05, 0) is 64.0 Å². The molecule has 5 rings (SSSR count). The summed E-state index contributed by atoms with van der Waals surface area (Å²) in [5.74, 6) is 0.860. The Bertz CT molecular complexity index is 1350. The molecule has 1 unspecified atom stereocenters. The maximum absolute atomic E-state index is 13.4. The highest BCUT2D eigenvalue weighted by Crippen LogP contribution is 2.47. The Balaban J connectivity index is 1.34. The van der Waals surface area contributed by atoms with Gasteiger partial charge in [0.15, 0.2) is 0 Å². The molecule has 0 radical (unpaired) electrons. The summed E-state index contributed by atoms with van der Waals surface area (Å²) in [7, 11) is 0.686. The Hall–Kier alpha value is -2.37. The lowest BCUT2D eigenvalue weighted by molar-refractivity contribution is 0.187. The first-order chi connectivity index (χ1) is 17.1. The molecule has 1 aliphatic heterocycles. The number of aromatic nitrogens is 4. The number of nitrogens with one attached hydrogen (secondary N) is 2. The molecule has 2 atom stereocenters. The van der Waals surface area contributed by atoms with Crippen LogP contribution in [0.2, 0.25) is 0 Å². The number of fused-ring (bicyclic) bond motifs is 1. The molecule has 9 nitrogen and oxygen atoms in total. The molecule has 1 aromatic carbocycles. The van der Waals surface area contributed by atoms with Crippen LogP contribution >= 0.6 is 11.8 Å². The average Bonchev–Trinajstić information content (AvgIpc) is 3.47. The van der Waals surface area contributed by atoms with E-state index in [9.17, 15) is 9.00 Å². The van der Waals surface area contributed by atoms with Crippen molar-refractivity contribution < 1.29 is 4.21 Å². The molecule has 0 amide bonds. The third-order valence-corrected chi connectivity index (χ3v) is 10.4. The van der Waals surface area contributed by atoms with Gasteiger partial charge in [0.2, 0.25) is 5.95 Å². The van der Waals surface area contributed by atoms with E-state index < -0.39 is 11.0 Å². The summed E-state index contributed by atoms with van der Waals surface area (Å²) in [6, 6.07) is 6.09. The Labute approximate surface area is 218 Å². The minimum Gasteiger partial charge on any atom is -0.382 e. The van der Waals surface area contributed by atoms with Crippen LogP contribution in [0.3, 0.4) is 0 Å². The fourth-order valence-corrected chi connectivity index (χ4v) is 7.48. The first-order valence-electron chi connectivity index (χ1n) is 12.5. The van der Waals surface area contributed by atoms with Crippen molar-refractivity contribution in [3.8, 4) is 0 Å². The highest BCUT2D eigenvalue weighted by Gasteiger charge is 2.46. The third kappa shape index (κ3) is 4.56. The molecule has 36 heavy (non-hydrogen) atoms. The number of piperidine rings is 1. The molecule has 2 fully saturated rings. The van der Waals surface area contributed by atoms with Crippen LogP contribution in [0.15, 0.2) is 39.0 Å². The number of nitrogens with two attached hydrogens (primary N) is 1. The van der Waals surface area contributed by atoms with Crippen molar-refractivity contribution >= 4 is 45.4 Å². The number of hydrogen-bond acceptors (Lipinski definition) is 7. The van der Waals surface area contributed by atoms with Crippen LogP contribution in [0.1, 0.15) is 52.9 Å². The molecule has 1 saturated heterocycles. The topological polar surface area (TPSA) is 122 Å². The summed E-state index contributed by atoms with van der Waals surface area (Å²) >= 11 is 1.33. The highest BCUT2D eigenvalue weighted by molar-refractivity contribution is 7.99. The summed E-state index contributed by atoms with van der Waals surface area (Å²) in [6.45, 7) is 7.61. The van der Waals surface area contributed by atoms with E-state index in [1.165, 1.54) is 11.8 Å². The molecule has 3 aromatic rings. The van der Waals surface area contributed by atoms with Crippen LogP contribution in [0, 0.1) is 5.41 Å². The number of benzene rings is 1. The van der Waals surface area contributed by atoms with E-state index in [2.05, 4.69) is 19.8 Å². The van der Waals surface area contributed by atoms with E-state index in [-0.39, 0.29) is 27.6 Å². The van der Waals surface area contributed by atoms with E-state index in [1.807, 2.05) is 39.0 Å². The van der Waals surface area contributed by atoms with E-state index in [1.54, 1.807) is 17.8 Å². The molecular weight excluding hydrogens is 494 g/mol. The summed E-state index contributed by atoms with van der Waals surface area (Å²) in [4.78, 5) is 21.6. The molecule has 1 spiro atoms. The van der Waals surface area contributed by atoms with Gasteiger partial charge in [-0.1, -0.05) is 24.2 Å². The van der Waals surface area contributed by atoms with Crippen molar-refractivity contribution in [1.29, 1.82) is 0 Å². The molecule has 194 valence electrons. The largest absolute Gasteiger partial charge is 0.382 e. The maximum atomic E-state index is 13.4. The van der Waals surface area contributed by atoms with E-state index >= 15 is 0 Å². The molecule has 2 aliphatic rings. The van der Waals surface area contributed by atoms with Gasteiger partial charge in [-0.2, -0.15) is 10.1 Å². The van der Waals surface area contributed by atoms with Gasteiger partial charge in [-0.3, -0.25) is 14.5 Å². The van der Waals surface area contributed by atoms with Crippen molar-refractivity contribution in [2.45, 2.75) is 73.5 Å². The van der Waals surface area contributed by atoms with Crippen LogP contribution in [0.25, 0.3) is 10.9 Å². The lowest BCUT2D eigenvalue weighted by atomic mass is 9.74. The summed E-state index contributed by atoms with van der Waals surface area (Å²) in [5, 5.41) is 8.01. The van der Waals surface area contributed by atoms with E-state index in [0.29, 0.717) is 10.8 Å². The summed E-state index contributed by atoms with van der Waals surface area (Å²) in [5.41, 5.74) is 7.26. The standard InChI is InChI=1S/C25H35N7O2S2/c1-24(2,3)36(34)30-19-9-6-10-25(19)11-13-32(14-12-25)23-28-21(26)20(22(33)31(23)4)35-18-8-5-7-17-16(18)15-27-29-17/h5,7-8,15,19,30H,6,9-14,26H2,1-4H3,(H,27,29)/t19-,36?/m1/s1. The average molecular weight is 530 g/mol. The quantitative estimate of drug-likeness (QED) is 0.462. The number of hydrogen-bond donors (Lipinski definition) is 3. The van der Waals surface area contributed by atoms with Crippen LogP contribution in [0.4, 0.5) is 11.8 Å². The van der Waals surface area contributed by atoms with Crippen molar-refractivity contribution in [2.24, 2.45) is 12.5 Å². The summed E-state index contributed by atoms with van der Waals surface area (Å²) in [6.07, 6.45) is 7.05. The summed E-state index contributed by atoms with van der Waals surface area (Å²) < 4.78 is 17.6. The fraction of sp³-hybridized carbons (Fsp3) is 0.560. The van der Waals surface area contributed by atoms with Crippen LogP contribution in [-0.2, 0) is 18.0 Å². The Morgan fingerprint density at radius 1 is 1.25 bits per heavy atom. The zero-order chi connectivity index (χ0) is 25.7. The second-order valence-electron chi connectivity index (χ2n) is 11.0. The van der Waals surface area contributed by atoms with Gasteiger partial charge in [0.1, 0.15) is 10.7 Å². The Morgan fingerprint density at radius 2 is 2.00 bits per heavy atom. The lowest BCUT2D eigenvalue weighted by Gasteiger charge is -2.44. The van der Waals surface area contributed by atoms with Crippen molar-refractivity contribution in [3.63, 3.8) is 0 Å². The number of nitrogen functional groups attached to an aromatic ring is 1. The number of aromatic amines is 1. The first-order valence-corrected chi connectivity index (χ1v) is 14.5. The predicted octanol–water partition coefficient (Wildman–Crippen LogP) is 3.58. The SMILES string of the molecule is Cn1c(N2CCC3(CCC[C@H]3NS(=O)C(C)(C)C)CC2)nc(N)c(Sc2cccc3[nH]ncc23)c1=O. The van der Waals surface area contributed by atoms with Crippen LogP contribution in [0.5, 0.6) is 0 Å². The molecule has 2 aromatic heterocycles. The lowest BCUT2D eigenvalue weighted by Crippen LogP contribution is -2.51. The van der Waals surface area contributed by atoms with Crippen LogP contribution in [-0.4, -0.2) is 47.8 Å². The van der Waals surface area contributed by atoms with Gasteiger partial charge in [-0.15, -0.1) is 0 Å². The van der Waals surface area contributed by atoms with Gasteiger partial charge < -0.3 is 10.6 Å². The van der Waals surface area contributed by atoms with Crippen molar-refractivity contribution in [1.82, 2.24) is 24.5 Å². The Kier molecular flexibility index (Phi) is 6.67. The van der Waals surface area contributed by atoms with E-state index in [0.717, 1.165) is 61.0 Å². The van der Waals surface area contributed by atoms with Gasteiger partial charge >= 0.3 is 0 Å². The normalized spacial score (nSPS) is 20.9. The minimum absolute atomic E-state index is 0.140. The Morgan fingerprint density at radius 3 is 2.72 bits per heavy atom. The fourth-order valence-electron chi connectivity index (χ4n) is 5.48. The monoisotopic (exact) mass is 529 g/mol. The predicted molar refractivity (Wildman–Crippen MR) is 147 cm³/mol. The third-order valence-electron chi connectivity index (χ3n) is 7.66. The van der Waals surface area contributed by atoms with Crippen LogP contribution < -0.4 is 20.9 Å². The second-order valence-corrected chi connectivity index (χ2v) is 14.0. The zero-order valence-corrected chi connectivity index (χ0v) is 23.0. The molecule has 0 bridgehead atoms. The molecule has 11 heteroatoms. The van der Waals surface area contributed by atoms with Gasteiger partial charge in [0.05, 0.1) is 27.4 Å². The van der Waals surface area contributed by atoms with E-state index in [4.69, 9.17) is 10.7 Å². The number of nitrogens with zero attached hydrogens (tertiary/aromatic N) is 4. The smallest absolute Gasteiger partial charge is 0.270 e. The molecule has 1 saturated carbocycles. The zero-order valence-electron chi connectivity index (χ0n) is 21.3. The van der Waals surface area contributed by atoms with Gasteiger partial charge in [0.25, 0.3) is 5.56 Å². The molecule has 4 N–H and O–H groups in total. The maximum Gasteiger partial charge on any atom is 0.270 e. The second kappa shape index (κ2) is 9.50. The van der Waals surface area contributed by atoms with Crippen molar-refractivity contribution in [3.05, 3.63) is 34.7 Å². The minimum atomic E-state index is -1.08. The molecular formula is C25H35N7O2S2. The van der Waals surface area contributed by atoms with Gasteiger partial charge in [0, 0.05) is 36.5 Å². The van der Waals surface area contributed by atoms with Crippen molar-refractivity contribution in [2.75, 3.05) is 23.7 Å². The highest BCUT2D eigenvalue weighted by atomic mass is 32.2. The number of rotatable bonds is 5. The number of H-pyrrole nitrogens is 1. The first kappa shape index (κ1) is 25.3.